The monoisotopic (exact) mass is 261 g/mol. The highest BCUT2D eigenvalue weighted by Crippen LogP contribution is 2.22. The van der Waals surface area contributed by atoms with E-state index in [1.165, 1.54) is 11.6 Å². The first kappa shape index (κ1) is 13.6. The molecule has 1 fully saturated rings. The lowest BCUT2D eigenvalue weighted by molar-refractivity contribution is -0.131. The molecule has 1 aromatic rings. The highest BCUT2D eigenvalue weighted by Gasteiger charge is 2.16. The summed E-state index contributed by atoms with van der Waals surface area (Å²) < 4.78 is 5.34. The van der Waals surface area contributed by atoms with Crippen LogP contribution in [0.15, 0.2) is 35.9 Å². The van der Waals surface area contributed by atoms with Crippen molar-refractivity contribution in [2.45, 2.75) is 19.4 Å². The van der Waals surface area contributed by atoms with Gasteiger partial charge in [-0.3, -0.25) is 4.90 Å². The number of carboxylic acid groups (broad SMARTS) is 1. The Morgan fingerprint density at radius 3 is 2.68 bits per heavy atom. The summed E-state index contributed by atoms with van der Waals surface area (Å²) >= 11 is 0. The molecule has 1 aliphatic heterocycles. The Hall–Kier alpha value is -1.81. The maximum absolute atomic E-state index is 10.6. The lowest BCUT2D eigenvalue weighted by Crippen LogP contribution is -2.30. The van der Waals surface area contributed by atoms with Crippen LogP contribution in [0.4, 0.5) is 0 Å². The largest absolute Gasteiger partial charge is 0.496 e. The topological polar surface area (TPSA) is 49.8 Å². The molecule has 0 aliphatic carbocycles. The minimum Gasteiger partial charge on any atom is -0.496 e. The number of hydrogen-bond donors (Lipinski definition) is 1. The first-order valence-corrected chi connectivity index (χ1v) is 6.45. The van der Waals surface area contributed by atoms with Crippen LogP contribution in [0.25, 0.3) is 0 Å². The van der Waals surface area contributed by atoms with Crippen molar-refractivity contribution in [1.29, 1.82) is 0 Å². The summed E-state index contributed by atoms with van der Waals surface area (Å²) in [6.07, 6.45) is 3.02. The van der Waals surface area contributed by atoms with Gasteiger partial charge in [0, 0.05) is 31.3 Å². The summed E-state index contributed by atoms with van der Waals surface area (Å²) in [5.41, 5.74) is 2.21. The van der Waals surface area contributed by atoms with E-state index in [1.807, 2.05) is 18.2 Å². The van der Waals surface area contributed by atoms with Crippen LogP contribution in [0.1, 0.15) is 18.4 Å². The van der Waals surface area contributed by atoms with E-state index in [0.29, 0.717) is 0 Å². The van der Waals surface area contributed by atoms with Crippen LogP contribution in [0.3, 0.4) is 0 Å². The Bertz CT molecular complexity index is 472. The number of nitrogens with zero attached hydrogens (tertiary/aromatic N) is 1. The molecule has 4 nitrogen and oxygen atoms in total. The molecule has 0 spiro atoms. The SMILES string of the molecule is COc1ccccc1CN1CCC(=CC(=O)O)CC1. The summed E-state index contributed by atoms with van der Waals surface area (Å²) in [6.45, 7) is 2.65. The van der Waals surface area contributed by atoms with Crippen LogP contribution in [-0.2, 0) is 11.3 Å². The molecule has 0 unspecified atom stereocenters. The van der Waals surface area contributed by atoms with Crippen molar-refractivity contribution in [3.05, 3.63) is 41.5 Å². The van der Waals surface area contributed by atoms with E-state index in [1.54, 1.807) is 7.11 Å². The number of aliphatic carboxylic acids is 1. The van der Waals surface area contributed by atoms with Crippen molar-refractivity contribution in [3.8, 4) is 5.75 Å². The fourth-order valence-electron chi connectivity index (χ4n) is 2.39. The van der Waals surface area contributed by atoms with E-state index in [2.05, 4.69) is 11.0 Å². The zero-order chi connectivity index (χ0) is 13.7. The number of hydrogen-bond acceptors (Lipinski definition) is 3. The van der Waals surface area contributed by atoms with Crippen molar-refractivity contribution in [1.82, 2.24) is 4.90 Å². The second kappa shape index (κ2) is 6.38. The van der Waals surface area contributed by atoms with Gasteiger partial charge in [-0.25, -0.2) is 4.79 Å². The Balaban J connectivity index is 1.94. The van der Waals surface area contributed by atoms with Crippen LogP contribution in [0.2, 0.25) is 0 Å². The third-order valence-electron chi connectivity index (χ3n) is 3.41. The molecule has 1 heterocycles. The lowest BCUT2D eigenvalue weighted by atomic mass is 10.0. The second-order valence-electron chi connectivity index (χ2n) is 4.73. The van der Waals surface area contributed by atoms with Crippen LogP contribution in [0.5, 0.6) is 5.75 Å². The minimum atomic E-state index is -0.840. The quantitative estimate of drug-likeness (QED) is 0.845. The summed E-state index contributed by atoms with van der Waals surface area (Å²) in [4.78, 5) is 12.9. The number of benzene rings is 1. The van der Waals surface area contributed by atoms with Crippen LogP contribution in [0, 0.1) is 0 Å². The Morgan fingerprint density at radius 1 is 1.37 bits per heavy atom. The van der Waals surface area contributed by atoms with Crippen LogP contribution < -0.4 is 4.74 Å². The van der Waals surface area contributed by atoms with Gasteiger partial charge in [0.2, 0.25) is 0 Å². The number of rotatable bonds is 4. The summed E-state index contributed by atoms with van der Waals surface area (Å²) in [7, 11) is 1.68. The zero-order valence-corrected chi connectivity index (χ0v) is 11.1. The van der Waals surface area contributed by atoms with Gasteiger partial charge in [0.15, 0.2) is 0 Å². The van der Waals surface area contributed by atoms with E-state index in [-0.39, 0.29) is 0 Å². The van der Waals surface area contributed by atoms with Crippen molar-refractivity contribution in [2.75, 3.05) is 20.2 Å². The molecule has 0 bridgehead atoms. The molecule has 0 atom stereocenters. The molecule has 0 radical (unpaired) electrons. The smallest absolute Gasteiger partial charge is 0.328 e. The van der Waals surface area contributed by atoms with E-state index < -0.39 is 5.97 Å². The normalized spacial score (nSPS) is 16.2. The first-order chi connectivity index (χ1) is 9.19. The van der Waals surface area contributed by atoms with Crippen LogP contribution in [-0.4, -0.2) is 36.2 Å². The Labute approximate surface area is 113 Å². The van der Waals surface area contributed by atoms with Gasteiger partial charge in [-0.05, 0) is 18.9 Å². The molecule has 1 saturated heterocycles. The summed E-state index contributed by atoms with van der Waals surface area (Å²) in [6, 6.07) is 8.01. The number of carbonyl (C=O) groups is 1. The molecular weight excluding hydrogens is 242 g/mol. The first-order valence-electron chi connectivity index (χ1n) is 6.45. The Kier molecular flexibility index (Phi) is 4.58. The molecule has 0 saturated carbocycles. The maximum Gasteiger partial charge on any atom is 0.328 e. The average Bonchev–Trinajstić information content (AvgIpc) is 2.41. The highest BCUT2D eigenvalue weighted by molar-refractivity contribution is 5.80. The number of piperidine rings is 1. The van der Waals surface area contributed by atoms with Gasteiger partial charge in [-0.15, -0.1) is 0 Å². The fourth-order valence-corrected chi connectivity index (χ4v) is 2.39. The van der Waals surface area contributed by atoms with Gasteiger partial charge in [0.05, 0.1) is 7.11 Å². The molecule has 0 aromatic heterocycles. The highest BCUT2D eigenvalue weighted by atomic mass is 16.5. The summed E-state index contributed by atoms with van der Waals surface area (Å²) in [5, 5.41) is 8.73. The van der Waals surface area contributed by atoms with Crippen molar-refractivity contribution >= 4 is 5.97 Å². The third-order valence-corrected chi connectivity index (χ3v) is 3.41. The number of carboxylic acids is 1. The molecule has 102 valence electrons. The third kappa shape index (κ3) is 3.83. The Morgan fingerprint density at radius 2 is 2.05 bits per heavy atom. The van der Waals surface area contributed by atoms with Gasteiger partial charge in [-0.1, -0.05) is 23.8 Å². The van der Waals surface area contributed by atoms with Gasteiger partial charge < -0.3 is 9.84 Å². The molecule has 0 amide bonds. The van der Waals surface area contributed by atoms with E-state index in [9.17, 15) is 4.79 Å². The lowest BCUT2D eigenvalue weighted by Gasteiger charge is -2.28. The van der Waals surface area contributed by atoms with Crippen molar-refractivity contribution in [2.24, 2.45) is 0 Å². The zero-order valence-electron chi connectivity index (χ0n) is 11.1. The fraction of sp³-hybridized carbons (Fsp3) is 0.400. The number of likely N-dealkylation sites (tertiary alicyclic amines) is 1. The van der Waals surface area contributed by atoms with Gasteiger partial charge in [-0.2, -0.15) is 0 Å². The van der Waals surface area contributed by atoms with E-state index in [4.69, 9.17) is 9.84 Å². The maximum atomic E-state index is 10.6. The predicted molar refractivity (Wildman–Crippen MR) is 73.2 cm³/mol. The number of para-hydroxylation sites is 1. The van der Waals surface area contributed by atoms with Crippen LogP contribution >= 0.6 is 0 Å². The second-order valence-corrected chi connectivity index (χ2v) is 4.73. The van der Waals surface area contributed by atoms with Gasteiger partial charge in [0.25, 0.3) is 0 Å². The van der Waals surface area contributed by atoms with E-state index in [0.717, 1.165) is 43.8 Å². The average molecular weight is 261 g/mol. The number of ether oxygens (including phenoxy) is 1. The molecule has 1 aliphatic rings. The van der Waals surface area contributed by atoms with E-state index >= 15 is 0 Å². The molecular formula is C15H19NO3. The molecule has 1 aromatic carbocycles. The number of methoxy groups -OCH3 is 1. The molecule has 4 heteroatoms. The minimum absolute atomic E-state index is 0.835. The van der Waals surface area contributed by atoms with Gasteiger partial charge in [0.1, 0.15) is 5.75 Å². The predicted octanol–water partition coefficient (Wildman–Crippen LogP) is 2.30. The van der Waals surface area contributed by atoms with Crippen molar-refractivity contribution in [3.63, 3.8) is 0 Å². The standard InChI is InChI=1S/C15H19NO3/c1-19-14-5-3-2-4-13(14)11-16-8-6-12(7-9-16)10-15(17)18/h2-5,10H,6-9,11H2,1H3,(H,17,18). The van der Waals surface area contributed by atoms with Crippen molar-refractivity contribution < 1.29 is 14.6 Å². The molecule has 2 rings (SSSR count). The molecule has 1 N–H and O–H groups in total. The van der Waals surface area contributed by atoms with Gasteiger partial charge >= 0.3 is 5.97 Å². The molecule has 19 heavy (non-hydrogen) atoms. The summed E-state index contributed by atoms with van der Waals surface area (Å²) in [5.74, 6) is 0.0718.